The third-order valence-corrected chi connectivity index (χ3v) is 13.1. The van der Waals surface area contributed by atoms with Gasteiger partial charge >= 0.3 is 11.9 Å². The van der Waals surface area contributed by atoms with Gasteiger partial charge in [-0.3, -0.25) is 9.59 Å². The number of esters is 2. The summed E-state index contributed by atoms with van der Waals surface area (Å²) in [6, 6.07) is 19.2. The van der Waals surface area contributed by atoms with E-state index in [4.69, 9.17) is 28.5 Å². The highest BCUT2D eigenvalue weighted by Gasteiger charge is 2.52. The number of benzene rings is 2. The molecular weight excluding hydrogens is 821 g/mol. The summed E-state index contributed by atoms with van der Waals surface area (Å²) in [6.07, 6.45) is -3.30. The quantitative estimate of drug-likeness (QED) is 0.0769. The second-order valence-electron chi connectivity index (χ2n) is 18.9. The number of unbranched alkanes of at least 4 members (excludes halogenated alkanes) is 2. The van der Waals surface area contributed by atoms with Crippen molar-refractivity contribution in [3.05, 3.63) is 66.2 Å². The fourth-order valence-corrected chi connectivity index (χ4v) is 9.37. The molecule has 14 atom stereocenters. The number of carbonyl (C=O) groups is 2. The first-order chi connectivity index (χ1) is 30.3. The lowest BCUT2D eigenvalue weighted by molar-refractivity contribution is -0.299. The summed E-state index contributed by atoms with van der Waals surface area (Å²) >= 11 is 0. The second kappa shape index (κ2) is 24.8. The Morgan fingerprint density at radius 2 is 1.55 bits per heavy atom. The minimum atomic E-state index is -1.96. The molecule has 0 saturated carbocycles. The number of carbonyl (C=O) groups excluding carboxylic acids is 2. The molecule has 4 rings (SSSR count). The number of aliphatic hydroxyl groups excluding tert-OH is 2. The van der Waals surface area contributed by atoms with E-state index in [9.17, 15) is 30.0 Å². The molecule has 14 heteroatoms. The first-order valence-electron chi connectivity index (χ1n) is 23.4. The van der Waals surface area contributed by atoms with Crippen molar-refractivity contribution in [1.82, 2.24) is 4.90 Å². The van der Waals surface area contributed by atoms with Gasteiger partial charge in [-0.1, -0.05) is 87.8 Å². The number of para-hydroxylation sites is 1. The molecule has 2 aromatic rings. The monoisotopic (exact) mass is 899 g/mol. The van der Waals surface area contributed by atoms with Gasteiger partial charge in [0.05, 0.1) is 42.1 Å². The van der Waals surface area contributed by atoms with Gasteiger partial charge in [-0.15, -0.1) is 0 Å². The summed E-state index contributed by atoms with van der Waals surface area (Å²) in [6.45, 7) is 14.1. The first-order valence-corrected chi connectivity index (χ1v) is 23.4. The Bertz CT molecular complexity index is 1730. The van der Waals surface area contributed by atoms with Gasteiger partial charge in [0.15, 0.2) is 6.29 Å². The normalized spacial score (nSPS) is 35.0. The van der Waals surface area contributed by atoms with Gasteiger partial charge in [-0.2, -0.15) is 0 Å². The van der Waals surface area contributed by atoms with Crippen LogP contribution in [0, 0.1) is 23.7 Å². The number of hydrogen-bond donors (Lipinski definition) is 4. The maximum Gasteiger partial charge on any atom is 0.312 e. The first kappa shape index (κ1) is 53.0. The highest BCUT2D eigenvalue weighted by atomic mass is 16.7. The Morgan fingerprint density at radius 1 is 0.891 bits per heavy atom. The lowest BCUT2D eigenvalue weighted by atomic mass is 9.73. The zero-order valence-corrected chi connectivity index (χ0v) is 39.9. The molecule has 360 valence electrons. The van der Waals surface area contributed by atoms with E-state index in [0.29, 0.717) is 31.6 Å². The van der Waals surface area contributed by atoms with E-state index >= 15 is 0 Å². The number of rotatable bonds is 17. The third kappa shape index (κ3) is 14.7. The van der Waals surface area contributed by atoms with Crippen molar-refractivity contribution >= 4 is 17.7 Å². The molecule has 0 aromatic heterocycles. The molecule has 2 aromatic carbocycles. The van der Waals surface area contributed by atoms with Gasteiger partial charge in [-0.25, -0.2) is 0 Å². The molecule has 2 aliphatic heterocycles. The van der Waals surface area contributed by atoms with E-state index in [0.717, 1.165) is 25.0 Å². The fraction of sp³-hybridized carbons (Fsp3) is 0.700. The van der Waals surface area contributed by atoms with Gasteiger partial charge in [0.1, 0.15) is 36.3 Å². The topological polar surface area (TPSA) is 186 Å². The Kier molecular flexibility index (Phi) is 20.5. The zero-order chi connectivity index (χ0) is 47.2. The van der Waals surface area contributed by atoms with Crippen LogP contribution in [-0.4, -0.2) is 130 Å². The van der Waals surface area contributed by atoms with Crippen molar-refractivity contribution in [2.45, 2.75) is 173 Å². The van der Waals surface area contributed by atoms with E-state index in [1.807, 2.05) is 81.4 Å². The molecule has 0 radical (unpaired) electrons. The van der Waals surface area contributed by atoms with Gasteiger partial charge in [0.25, 0.3) is 0 Å². The summed E-state index contributed by atoms with van der Waals surface area (Å²) in [5, 5.41) is 52.9. The minimum Gasteiger partial charge on any atom is -0.493 e. The van der Waals surface area contributed by atoms with Crippen molar-refractivity contribution in [1.29, 1.82) is 0 Å². The standard InChI is InChI=1S/C50H78N2O12/c1-11-40-50(8,58)45(55)34(4)42(51-60-29-21-28-59-38-25-18-14-19-26-38)32(2)31-49(7,57)46(64-48-43(54)39(52(9)10)30-33(3)61-48)35(5)44(36(6)47(56)62-40)63-41(53)27-20-13-17-24-37-22-15-12-16-23-37/h12,14-16,18-19,22-23,25-26,32-36,39-40,43-46,48,54-55,57-58H,11,13,17,20-21,24,27-31H2,1-10H3/b51-42+/t32-,33-,34-,35+,36-,39+,40+,43-,44+,45-,46-,48+,49?,50-/m1/s1. The maximum absolute atomic E-state index is 14.3. The Morgan fingerprint density at radius 3 is 2.19 bits per heavy atom. The highest BCUT2D eigenvalue weighted by molar-refractivity contribution is 5.88. The number of cyclic esters (lactones) is 1. The molecule has 0 spiro atoms. The summed E-state index contributed by atoms with van der Waals surface area (Å²) in [5.41, 5.74) is -2.16. The van der Waals surface area contributed by atoms with Crippen LogP contribution in [0.1, 0.15) is 112 Å². The third-order valence-electron chi connectivity index (χ3n) is 13.1. The number of likely N-dealkylation sites (N-methyl/N-ethyl adjacent to an activating group) is 1. The average molecular weight is 899 g/mol. The molecule has 64 heavy (non-hydrogen) atoms. The van der Waals surface area contributed by atoms with E-state index in [-0.39, 0.29) is 38.0 Å². The molecule has 0 amide bonds. The number of aryl methyl sites for hydroxylation is 1. The number of aliphatic hydroxyl groups is 4. The number of oxime groups is 1. The average Bonchev–Trinajstić information content (AvgIpc) is 3.25. The van der Waals surface area contributed by atoms with Crippen LogP contribution in [0.3, 0.4) is 0 Å². The largest absolute Gasteiger partial charge is 0.493 e. The minimum absolute atomic E-state index is 0.0197. The molecule has 14 nitrogen and oxygen atoms in total. The molecule has 0 aliphatic carbocycles. The smallest absolute Gasteiger partial charge is 0.312 e. The Labute approximate surface area is 381 Å². The van der Waals surface area contributed by atoms with Crippen LogP contribution in [0.4, 0.5) is 0 Å². The van der Waals surface area contributed by atoms with Gasteiger partial charge in [0.2, 0.25) is 0 Å². The predicted molar refractivity (Wildman–Crippen MR) is 244 cm³/mol. The molecule has 0 bridgehead atoms. The summed E-state index contributed by atoms with van der Waals surface area (Å²) in [5.74, 6) is -4.01. The second-order valence-corrected chi connectivity index (χ2v) is 18.9. The van der Waals surface area contributed by atoms with E-state index in [1.54, 1.807) is 34.6 Å². The van der Waals surface area contributed by atoms with Crippen LogP contribution < -0.4 is 4.74 Å². The summed E-state index contributed by atoms with van der Waals surface area (Å²) < 4.78 is 31.1. The predicted octanol–water partition coefficient (Wildman–Crippen LogP) is 6.49. The summed E-state index contributed by atoms with van der Waals surface area (Å²) in [7, 11) is 3.73. The van der Waals surface area contributed by atoms with Crippen molar-refractivity contribution in [2.24, 2.45) is 28.8 Å². The van der Waals surface area contributed by atoms with Crippen LogP contribution in [0.25, 0.3) is 0 Å². The summed E-state index contributed by atoms with van der Waals surface area (Å²) in [4.78, 5) is 35.8. The Balaban J connectivity index is 1.69. The van der Waals surface area contributed by atoms with Crippen LogP contribution >= 0.6 is 0 Å². The van der Waals surface area contributed by atoms with Crippen LogP contribution in [-0.2, 0) is 39.8 Å². The SMILES string of the molecule is CC[C@@H]1OC(=O)[C@H](C)[C@@H](OC(=O)CCCCCc2ccccc2)[C@H](C)[C@@H](O[C@@H]2O[C@H](C)C[C@H](N(C)C)[C@H]2O)C(C)(O)C[C@@H](C)/C(=N\OCCCOc2ccccc2)[C@@H](C)[C@@H](O)[C@]1(C)O. The van der Waals surface area contributed by atoms with E-state index in [2.05, 4.69) is 17.3 Å². The van der Waals surface area contributed by atoms with Crippen molar-refractivity contribution < 1.29 is 58.5 Å². The van der Waals surface area contributed by atoms with Gasteiger partial charge in [-0.05, 0) is 98.0 Å². The molecular formula is C50H78N2O12. The van der Waals surface area contributed by atoms with Gasteiger partial charge in [0, 0.05) is 36.6 Å². The molecule has 2 fully saturated rings. The molecule has 2 heterocycles. The maximum atomic E-state index is 14.3. The van der Waals surface area contributed by atoms with Crippen LogP contribution in [0.5, 0.6) is 5.75 Å². The van der Waals surface area contributed by atoms with E-state index < -0.39 is 83.6 Å². The number of hydrogen-bond acceptors (Lipinski definition) is 14. The highest BCUT2D eigenvalue weighted by Crippen LogP contribution is 2.39. The van der Waals surface area contributed by atoms with Crippen molar-refractivity contribution in [3.63, 3.8) is 0 Å². The van der Waals surface area contributed by atoms with Crippen molar-refractivity contribution in [3.8, 4) is 5.75 Å². The fourth-order valence-electron chi connectivity index (χ4n) is 9.37. The molecule has 4 N–H and O–H groups in total. The number of ether oxygens (including phenoxy) is 5. The van der Waals surface area contributed by atoms with E-state index in [1.165, 1.54) is 12.5 Å². The molecule has 2 aliphatic rings. The van der Waals surface area contributed by atoms with Crippen LogP contribution in [0.15, 0.2) is 65.8 Å². The Hall–Kier alpha value is -3.63. The molecule has 1 unspecified atom stereocenters. The molecule has 2 saturated heterocycles. The number of nitrogens with zero attached hydrogens (tertiary/aromatic N) is 2. The lowest BCUT2D eigenvalue weighted by Gasteiger charge is -2.47. The van der Waals surface area contributed by atoms with Gasteiger partial charge < -0.3 is 53.8 Å². The zero-order valence-electron chi connectivity index (χ0n) is 39.9. The van der Waals surface area contributed by atoms with Crippen LogP contribution in [0.2, 0.25) is 0 Å². The lowest BCUT2D eigenvalue weighted by Crippen LogP contribution is -2.60. The van der Waals surface area contributed by atoms with Crippen molar-refractivity contribution in [2.75, 3.05) is 27.3 Å².